The first-order valence-corrected chi connectivity index (χ1v) is 9.23. The predicted octanol–water partition coefficient (Wildman–Crippen LogP) is 3.11. The summed E-state index contributed by atoms with van der Waals surface area (Å²) >= 11 is 5.23. The van der Waals surface area contributed by atoms with Gasteiger partial charge in [0, 0.05) is 5.69 Å². The normalized spacial score (nSPS) is 12.0. The van der Waals surface area contributed by atoms with Gasteiger partial charge >= 0.3 is 0 Å². The molecule has 0 fully saturated rings. The van der Waals surface area contributed by atoms with Crippen LogP contribution in [-0.4, -0.2) is 18.2 Å². The molecule has 25 heavy (non-hydrogen) atoms. The van der Waals surface area contributed by atoms with Crippen molar-refractivity contribution >= 4 is 23.0 Å². The first kappa shape index (κ1) is 19.4. The van der Waals surface area contributed by atoms with Crippen molar-refractivity contribution in [2.75, 3.05) is 18.4 Å². The summed E-state index contributed by atoms with van der Waals surface area (Å²) in [5, 5.41) is 6.48. The summed E-state index contributed by atoms with van der Waals surface area (Å²) in [5.41, 5.74) is 0.621. The number of nitrogens with one attached hydrogen (secondary N) is 3. The van der Waals surface area contributed by atoms with E-state index in [-0.39, 0.29) is 5.82 Å². The van der Waals surface area contributed by atoms with Gasteiger partial charge in [0.15, 0.2) is 10.9 Å². The van der Waals surface area contributed by atoms with Crippen molar-refractivity contribution in [3.63, 3.8) is 0 Å². The maximum absolute atomic E-state index is 13.2. The van der Waals surface area contributed by atoms with Crippen LogP contribution in [-0.2, 0) is 13.1 Å². The lowest BCUT2D eigenvalue weighted by atomic mass is 10.3. The second-order valence-electron chi connectivity index (χ2n) is 6.07. The molecule has 1 aromatic carbocycles. The van der Waals surface area contributed by atoms with Gasteiger partial charge < -0.3 is 20.0 Å². The number of anilines is 1. The molecule has 1 atom stereocenters. The van der Waals surface area contributed by atoms with Gasteiger partial charge in [0.25, 0.3) is 0 Å². The van der Waals surface area contributed by atoms with Gasteiger partial charge in [0.2, 0.25) is 0 Å². The van der Waals surface area contributed by atoms with Crippen molar-refractivity contribution in [2.24, 2.45) is 0 Å². The number of thiocarbonyl (C=S) groups is 1. The van der Waals surface area contributed by atoms with Gasteiger partial charge in [-0.25, -0.2) is 4.39 Å². The minimum atomic E-state index is -0.297. The van der Waals surface area contributed by atoms with E-state index in [0.29, 0.717) is 17.3 Å². The van der Waals surface area contributed by atoms with Gasteiger partial charge in [-0.05, 0) is 55.9 Å². The fourth-order valence-electron chi connectivity index (χ4n) is 2.58. The monoisotopic (exact) mass is 364 g/mol. The molecule has 0 aliphatic carbocycles. The van der Waals surface area contributed by atoms with E-state index in [1.54, 1.807) is 12.1 Å². The standard InChI is InChI=1S/C19H26FN3OS/c1-3-5-11-23(4-2)14-18-10-9-17(24-18)13-21-19(25)22-16-8-6-7-15(20)12-16/h6-10,12H,3-5,11,13-14H2,1-2H3,(H2,21,22,25)/p+1. The van der Waals surface area contributed by atoms with Crippen LogP contribution < -0.4 is 15.5 Å². The lowest BCUT2D eigenvalue weighted by Crippen LogP contribution is -3.10. The molecule has 6 heteroatoms. The fraction of sp³-hybridized carbons (Fsp3) is 0.421. The number of hydrogen-bond donors (Lipinski definition) is 3. The van der Waals surface area contributed by atoms with Crippen LogP contribution in [0.5, 0.6) is 0 Å². The van der Waals surface area contributed by atoms with Crippen molar-refractivity contribution in [3.8, 4) is 0 Å². The maximum Gasteiger partial charge on any atom is 0.171 e. The third-order valence-electron chi connectivity index (χ3n) is 4.03. The Morgan fingerprint density at radius 3 is 2.72 bits per heavy atom. The summed E-state index contributed by atoms with van der Waals surface area (Å²) in [6, 6.07) is 10.2. The number of quaternary nitrogens is 1. The first-order valence-electron chi connectivity index (χ1n) is 8.82. The Morgan fingerprint density at radius 1 is 1.20 bits per heavy atom. The second-order valence-corrected chi connectivity index (χ2v) is 6.48. The van der Waals surface area contributed by atoms with E-state index < -0.39 is 0 Å². The molecule has 136 valence electrons. The van der Waals surface area contributed by atoms with Gasteiger partial charge in [-0.3, -0.25) is 0 Å². The molecule has 0 bridgehead atoms. The van der Waals surface area contributed by atoms with Gasteiger partial charge in [-0.1, -0.05) is 19.4 Å². The minimum Gasteiger partial charge on any atom is -0.458 e. The zero-order valence-corrected chi connectivity index (χ0v) is 15.7. The summed E-state index contributed by atoms with van der Waals surface area (Å²) in [5.74, 6) is 1.53. The zero-order chi connectivity index (χ0) is 18.1. The summed E-state index contributed by atoms with van der Waals surface area (Å²) in [6.07, 6.45) is 2.45. The number of unbranched alkanes of at least 4 members (excludes halogenated alkanes) is 1. The molecule has 0 aliphatic heterocycles. The summed E-state index contributed by atoms with van der Waals surface area (Å²) < 4.78 is 19.0. The first-order chi connectivity index (χ1) is 12.1. The largest absolute Gasteiger partial charge is 0.458 e. The Hall–Kier alpha value is -1.92. The van der Waals surface area contributed by atoms with Crippen LogP contribution in [0.4, 0.5) is 10.1 Å². The van der Waals surface area contributed by atoms with E-state index in [4.69, 9.17) is 16.6 Å². The molecule has 1 aromatic heterocycles. The zero-order valence-electron chi connectivity index (χ0n) is 14.9. The van der Waals surface area contributed by atoms with E-state index in [1.165, 1.54) is 36.4 Å². The molecule has 4 nitrogen and oxygen atoms in total. The van der Waals surface area contributed by atoms with Gasteiger partial charge in [-0.15, -0.1) is 0 Å². The summed E-state index contributed by atoms with van der Waals surface area (Å²) in [4.78, 5) is 1.53. The molecule has 3 N–H and O–H groups in total. The Morgan fingerprint density at radius 2 is 2.00 bits per heavy atom. The molecule has 0 aliphatic rings. The summed E-state index contributed by atoms with van der Waals surface area (Å²) in [6.45, 7) is 8.08. The second kappa shape index (κ2) is 10.2. The molecule has 0 saturated carbocycles. The van der Waals surface area contributed by atoms with Crippen molar-refractivity contribution in [2.45, 2.75) is 39.8 Å². The van der Waals surface area contributed by atoms with Crippen LogP contribution in [0.2, 0.25) is 0 Å². The molecular weight excluding hydrogens is 337 g/mol. The fourth-order valence-corrected chi connectivity index (χ4v) is 2.77. The lowest BCUT2D eigenvalue weighted by Gasteiger charge is -2.15. The number of benzene rings is 1. The third-order valence-corrected chi connectivity index (χ3v) is 4.28. The maximum atomic E-state index is 13.2. The molecule has 1 unspecified atom stereocenters. The molecular formula is C19H27FN3OS+. The van der Waals surface area contributed by atoms with Crippen molar-refractivity contribution in [1.29, 1.82) is 0 Å². The predicted molar refractivity (Wildman–Crippen MR) is 103 cm³/mol. The molecule has 2 rings (SSSR count). The summed E-state index contributed by atoms with van der Waals surface area (Å²) in [7, 11) is 0. The van der Waals surface area contributed by atoms with E-state index in [9.17, 15) is 4.39 Å². The van der Waals surface area contributed by atoms with Gasteiger partial charge in [-0.2, -0.15) is 0 Å². The van der Waals surface area contributed by atoms with Gasteiger partial charge in [0.1, 0.15) is 18.1 Å². The van der Waals surface area contributed by atoms with Gasteiger partial charge in [0.05, 0.1) is 19.6 Å². The Balaban J connectivity index is 1.79. The molecule has 0 saturated heterocycles. The number of halogens is 1. The molecule has 2 aromatic rings. The van der Waals surface area contributed by atoms with Crippen molar-refractivity contribution in [1.82, 2.24) is 5.32 Å². The Kier molecular flexibility index (Phi) is 7.88. The van der Waals surface area contributed by atoms with Crippen LogP contribution in [0.25, 0.3) is 0 Å². The quantitative estimate of drug-likeness (QED) is 0.598. The molecule has 0 amide bonds. The van der Waals surface area contributed by atoms with Crippen LogP contribution >= 0.6 is 12.2 Å². The van der Waals surface area contributed by atoms with Crippen LogP contribution in [0.3, 0.4) is 0 Å². The highest BCUT2D eigenvalue weighted by molar-refractivity contribution is 7.80. The smallest absolute Gasteiger partial charge is 0.171 e. The molecule has 1 heterocycles. The van der Waals surface area contributed by atoms with Crippen LogP contribution in [0, 0.1) is 5.82 Å². The highest BCUT2D eigenvalue weighted by Crippen LogP contribution is 2.10. The average Bonchev–Trinajstić information content (AvgIpc) is 3.04. The lowest BCUT2D eigenvalue weighted by molar-refractivity contribution is -0.913. The van der Waals surface area contributed by atoms with Crippen molar-refractivity contribution in [3.05, 3.63) is 53.7 Å². The number of furan rings is 1. The number of rotatable bonds is 9. The Bertz CT molecular complexity index is 674. The minimum absolute atomic E-state index is 0.297. The SMILES string of the molecule is CCCC[NH+](CC)Cc1ccc(CNC(=S)Nc2cccc(F)c2)o1. The third kappa shape index (κ3) is 6.84. The van der Waals surface area contributed by atoms with E-state index in [0.717, 1.165) is 24.6 Å². The van der Waals surface area contributed by atoms with E-state index >= 15 is 0 Å². The van der Waals surface area contributed by atoms with E-state index in [1.807, 2.05) is 12.1 Å². The topological polar surface area (TPSA) is 41.6 Å². The molecule has 0 radical (unpaired) electrons. The van der Waals surface area contributed by atoms with Crippen LogP contribution in [0.15, 0.2) is 40.8 Å². The van der Waals surface area contributed by atoms with Crippen molar-refractivity contribution < 1.29 is 13.7 Å². The Labute approximate surface area is 154 Å². The highest BCUT2D eigenvalue weighted by atomic mass is 32.1. The number of hydrogen-bond acceptors (Lipinski definition) is 2. The average molecular weight is 365 g/mol. The molecule has 0 spiro atoms. The highest BCUT2D eigenvalue weighted by Gasteiger charge is 2.10. The van der Waals surface area contributed by atoms with Crippen LogP contribution in [0.1, 0.15) is 38.2 Å². The van der Waals surface area contributed by atoms with E-state index in [2.05, 4.69) is 24.5 Å².